The topological polar surface area (TPSA) is 134 Å². The first-order chi connectivity index (χ1) is 20.0. The van der Waals surface area contributed by atoms with Crippen LogP contribution >= 0.6 is 0 Å². The summed E-state index contributed by atoms with van der Waals surface area (Å²) in [5.41, 5.74) is 9.27. The molecule has 2 aromatic carbocycles. The van der Waals surface area contributed by atoms with E-state index in [-0.39, 0.29) is 17.7 Å². The number of morpholine rings is 1. The molecule has 1 atom stereocenters. The van der Waals surface area contributed by atoms with E-state index in [9.17, 15) is 4.79 Å². The first-order valence-electron chi connectivity index (χ1n) is 14.5. The summed E-state index contributed by atoms with van der Waals surface area (Å²) < 4.78 is 13.5. The maximum atomic E-state index is 13.1. The zero-order chi connectivity index (χ0) is 28.2. The van der Waals surface area contributed by atoms with Gasteiger partial charge in [0.15, 0.2) is 23.3 Å². The Labute approximate surface area is 239 Å². The Morgan fingerprint density at radius 2 is 1.85 bits per heavy atom. The molecule has 3 aliphatic heterocycles. The monoisotopic (exact) mass is 558 g/mol. The van der Waals surface area contributed by atoms with E-state index in [4.69, 9.17) is 20.6 Å². The van der Waals surface area contributed by atoms with Crippen molar-refractivity contribution >= 4 is 23.2 Å². The number of nitrogens with two attached hydrogens (primary N) is 1. The normalized spacial score (nSPS) is 18.8. The van der Waals surface area contributed by atoms with E-state index in [0.29, 0.717) is 23.9 Å². The standard InChI is InChI=1S/C30H38N8O3/c31-29(32)33-11-2-13-36-12-1-3-24(10-14-36)38-20-27-28(35-30(38)39)34-25-19-22(6-9-26(25)41-27)21-4-7-23(8-5-21)37-15-17-40-18-16-37/h4-9,19-20,24H,1-3,10-18H2,(H4,31,32,33)(H,34,35,39). The molecular weight excluding hydrogens is 520 g/mol. The van der Waals surface area contributed by atoms with E-state index in [0.717, 1.165) is 88.4 Å². The van der Waals surface area contributed by atoms with Crippen molar-refractivity contribution in [3.63, 3.8) is 0 Å². The van der Waals surface area contributed by atoms with Gasteiger partial charge in [-0.1, -0.05) is 18.2 Å². The van der Waals surface area contributed by atoms with E-state index < -0.39 is 0 Å². The van der Waals surface area contributed by atoms with Crippen molar-refractivity contribution in [2.45, 2.75) is 31.7 Å². The molecule has 2 fully saturated rings. The average molecular weight is 559 g/mol. The van der Waals surface area contributed by atoms with Gasteiger partial charge < -0.3 is 35.6 Å². The first kappa shape index (κ1) is 27.1. The number of hydrogen-bond donors (Lipinski definition) is 4. The molecule has 11 heteroatoms. The fourth-order valence-corrected chi connectivity index (χ4v) is 5.87. The van der Waals surface area contributed by atoms with Gasteiger partial charge in [0.25, 0.3) is 0 Å². The number of nitrogens with one attached hydrogen (secondary N) is 3. The van der Waals surface area contributed by atoms with E-state index in [1.54, 1.807) is 4.57 Å². The Kier molecular flexibility index (Phi) is 8.06. The van der Waals surface area contributed by atoms with Crippen molar-refractivity contribution in [2.24, 2.45) is 5.73 Å². The van der Waals surface area contributed by atoms with E-state index in [1.807, 2.05) is 18.3 Å². The van der Waals surface area contributed by atoms with E-state index in [1.165, 1.54) is 5.69 Å². The first-order valence-corrected chi connectivity index (χ1v) is 14.5. The average Bonchev–Trinajstić information content (AvgIpc) is 3.24. The number of likely N-dealkylation sites (tertiary alicyclic amines) is 1. The van der Waals surface area contributed by atoms with Gasteiger partial charge in [0, 0.05) is 37.9 Å². The number of nitrogens with zero attached hydrogens (tertiary/aromatic N) is 4. The number of aromatic nitrogens is 2. The lowest BCUT2D eigenvalue weighted by Crippen LogP contribution is -2.36. The van der Waals surface area contributed by atoms with Crippen LogP contribution in [0, 0.1) is 5.41 Å². The van der Waals surface area contributed by atoms with Crippen LogP contribution in [-0.2, 0) is 4.74 Å². The van der Waals surface area contributed by atoms with Crippen LogP contribution in [-0.4, -0.2) is 72.9 Å². The Hall–Kier alpha value is -4.09. The molecule has 0 bridgehead atoms. The van der Waals surface area contributed by atoms with Gasteiger partial charge in [0.2, 0.25) is 0 Å². The summed E-state index contributed by atoms with van der Waals surface area (Å²) in [5.74, 6) is 1.74. The molecule has 6 rings (SSSR count). The van der Waals surface area contributed by atoms with Gasteiger partial charge in [-0.05, 0) is 74.2 Å². The van der Waals surface area contributed by atoms with Gasteiger partial charge >= 0.3 is 5.69 Å². The molecule has 3 aliphatic rings. The van der Waals surface area contributed by atoms with Gasteiger partial charge in [-0.25, -0.2) is 4.79 Å². The zero-order valence-electron chi connectivity index (χ0n) is 23.3. The van der Waals surface area contributed by atoms with Crippen molar-refractivity contribution in [1.82, 2.24) is 19.8 Å². The van der Waals surface area contributed by atoms with Crippen molar-refractivity contribution in [3.8, 4) is 22.6 Å². The third-order valence-corrected chi connectivity index (χ3v) is 8.10. The maximum Gasteiger partial charge on any atom is 0.350 e. The zero-order valence-corrected chi connectivity index (χ0v) is 23.3. The van der Waals surface area contributed by atoms with Crippen LogP contribution in [0.15, 0.2) is 53.5 Å². The number of rotatable bonds is 7. The van der Waals surface area contributed by atoms with Crippen LogP contribution in [0.3, 0.4) is 0 Å². The quantitative estimate of drug-likeness (QED) is 0.153. The fourth-order valence-electron chi connectivity index (χ4n) is 5.87. The molecule has 2 saturated heterocycles. The summed E-state index contributed by atoms with van der Waals surface area (Å²) in [5, 5.41) is 13.5. The van der Waals surface area contributed by atoms with E-state index in [2.05, 4.69) is 55.7 Å². The summed E-state index contributed by atoms with van der Waals surface area (Å²) in [7, 11) is 0. The second-order valence-corrected chi connectivity index (χ2v) is 10.8. The number of anilines is 3. The summed E-state index contributed by atoms with van der Waals surface area (Å²) in [6, 6.07) is 14.7. The molecule has 0 aliphatic carbocycles. The molecule has 0 saturated carbocycles. The molecule has 216 valence electrons. The lowest BCUT2D eigenvalue weighted by Gasteiger charge is -2.29. The van der Waals surface area contributed by atoms with Gasteiger partial charge in [0.05, 0.1) is 25.1 Å². The highest BCUT2D eigenvalue weighted by Gasteiger charge is 2.24. The van der Waals surface area contributed by atoms with E-state index >= 15 is 0 Å². The Morgan fingerprint density at radius 3 is 2.66 bits per heavy atom. The SMILES string of the molecule is N=C(N)NCCCN1CCCC(n2cc3c(nc2=O)Nc2cc(-c4ccc(N5CCOCC5)cc4)ccc2O3)CC1. The summed E-state index contributed by atoms with van der Waals surface area (Å²) in [6.07, 6.45) is 5.53. The molecule has 0 amide bonds. The fraction of sp³-hybridized carbons (Fsp3) is 0.433. The van der Waals surface area contributed by atoms with Crippen LogP contribution in [0.1, 0.15) is 31.7 Å². The third-order valence-electron chi connectivity index (χ3n) is 8.10. The van der Waals surface area contributed by atoms with Crippen LogP contribution in [0.4, 0.5) is 17.2 Å². The van der Waals surface area contributed by atoms with Gasteiger partial charge in [-0.3, -0.25) is 9.98 Å². The minimum Gasteiger partial charge on any atom is -0.450 e. The molecule has 41 heavy (non-hydrogen) atoms. The van der Waals surface area contributed by atoms with Crippen molar-refractivity contribution in [1.29, 1.82) is 5.41 Å². The lowest BCUT2D eigenvalue weighted by molar-refractivity contribution is 0.122. The predicted molar refractivity (Wildman–Crippen MR) is 161 cm³/mol. The van der Waals surface area contributed by atoms with Crippen molar-refractivity contribution in [2.75, 3.05) is 62.7 Å². The molecule has 0 radical (unpaired) electrons. The molecule has 11 nitrogen and oxygen atoms in total. The van der Waals surface area contributed by atoms with Gasteiger partial charge in [-0.15, -0.1) is 0 Å². The highest BCUT2D eigenvalue weighted by molar-refractivity contribution is 5.79. The molecule has 0 spiro atoms. The largest absolute Gasteiger partial charge is 0.450 e. The predicted octanol–water partition coefficient (Wildman–Crippen LogP) is 3.50. The second kappa shape index (κ2) is 12.2. The molecule has 1 unspecified atom stereocenters. The minimum atomic E-state index is -0.262. The van der Waals surface area contributed by atoms with Gasteiger partial charge in [0.1, 0.15) is 0 Å². The van der Waals surface area contributed by atoms with Crippen LogP contribution < -0.4 is 31.7 Å². The smallest absolute Gasteiger partial charge is 0.350 e. The van der Waals surface area contributed by atoms with Crippen molar-refractivity contribution in [3.05, 3.63) is 59.1 Å². The molecule has 3 aromatic rings. The second-order valence-electron chi connectivity index (χ2n) is 10.8. The maximum absolute atomic E-state index is 13.1. The molecule has 4 heterocycles. The summed E-state index contributed by atoms with van der Waals surface area (Å²) >= 11 is 0. The Morgan fingerprint density at radius 1 is 1.05 bits per heavy atom. The third kappa shape index (κ3) is 6.31. The number of benzene rings is 2. The molecule has 5 N–H and O–H groups in total. The lowest BCUT2D eigenvalue weighted by atomic mass is 10.0. The molecular formula is C30H38N8O3. The van der Waals surface area contributed by atoms with Gasteiger partial charge in [-0.2, -0.15) is 4.98 Å². The van der Waals surface area contributed by atoms with Crippen LogP contribution in [0.5, 0.6) is 11.5 Å². The number of hydrogen-bond acceptors (Lipinski definition) is 8. The van der Waals surface area contributed by atoms with Crippen LogP contribution in [0.2, 0.25) is 0 Å². The summed E-state index contributed by atoms with van der Waals surface area (Å²) in [6.45, 7) is 6.88. The van der Waals surface area contributed by atoms with Crippen LogP contribution in [0.25, 0.3) is 11.1 Å². The van der Waals surface area contributed by atoms with Crippen molar-refractivity contribution < 1.29 is 9.47 Å². The number of guanidine groups is 1. The summed E-state index contributed by atoms with van der Waals surface area (Å²) in [4.78, 5) is 22.3. The highest BCUT2D eigenvalue weighted by Crippen LogP contribution is 2.42. The Bertz CT molecular complexity index is 1430. The number of ether oxygens (including phenoxy) is 2. The molecule has 1 aromatic heterocycles. The minimum absolute atomic E-state index is 0.00870. The Balaban J connectivity index is 1.12. The number of fused-ring (bicyclic) bond motifs is 2. The highest BCUT2D eigenvalue weighted by atomic mass is 16.5.